The van der Waals surface area contributed by atoms with Gasteiger partial charge in [-0.2, -0.15) is 9.47 Å². The summed E-state index contributed by atoms with van der Waals surface area (Å²) in [6.07, 6.45) is 5.05. The van der Waals surface area contributed by atoms with Gasteiger partial charge in [0.15, 0.2) is 0 Å². The zero-order chi connectivity index (χ0) is 17.5. The molecule has 0 fully saturated rings. The van der Waals surface area contributed by atoms with Gasteiger partial charge in [0.25, 0.3) is 5.91 Å². The number of nitrogens with zero attached hydrogens (tertiary/aromatic N) is 2. The van der Waals surface area contributed by atoms with E-state index in [9.17, 15) is 4.79 Å². The summed E-state index contributed by atoms with van der Waals surface area (Å²) in [5.74, 6) is -0.159. The Morgan fingerprint density at radius 1 is 1.15 bits per heavy atom. The van der Waals surface area contributed by atoms with E-state index < -0.39 is 0 Å². The van der Waals surface area contributed by atoms with Crippen LogP contribution >= 0.6 is 11.5 Å². The van der Waals surface area contributed by atoms with Crippen LogP contribution in [0.3, 0.4) is 0 Å². The van der Waals surface area contributed by atoms with Crippen LogP contribution in [0.4, 0.5) is 5.69 Å². The number of anilines is 1. The lowest BCUT2D eigenvalue weighted by atomic mass is 10.1. The number of rotatable bonds is 3. The van der Waals surface area contributed by atoms with Gasteiger partial charge in [0.1, 0.15) is 5.69 Å². The Bertz CT molecular complexity index is 1240. The van der Waals surface area contributed by atoms with Gasteiger partial charge in [0, 0.05) is 33.8 Å². The number of fused-ring (bicyclic) bond motifs is 2. The molecule has 6 nitrogen and oxygen atoms in total. The van der Waals surface area contributed by atoms with Gasteiger partial charge >= 0.3 is 0 Å². The van der Waals surface area contributed by atoms with E-state index >= 15 is 0 Å². The van der Waals surface area contributed by atoms with E-state index in [1.165, 1.54) is 11.5 Å². The average Bonchev–Trinajstić information content (AvgIpc) is 3.40. The van der Waals surface area contributed by atoms with Gasteiger partial charge < -0.3 is 9.73 Å². The number of hydrogen-bond donors (Lipinski definition) is 2. The number of nitrogens with one attached hydrogen (secondary N) is 2. The summed E-state index contributed by atoms with van der Waals surface area (Å²) >= 11 is 1.38. The van der Waals surface area contributed by atoms with E-state index in [4.69, 9.17) is 4.42 Å². The minimum Gasteiger partial charge on any atom is -0.472 e. The fourth-order valence-electron chi connectivity index (χ4n) is 2.92. The smallest absolute Gasteiger partial charge is 0.255 e. The minimum atomic E-state index is -0.159. The van der Waals surface area contributed by atoms with Gasteiger partial charge in [-0.05, 0) is 47.9 Å². The number of aromatic amines is 1. The first-order valence-electron chi connectivity index (χ1n) is 7.94. The third-order valence-corrected chi connectivity index (χ3v) is 4.99. The SMILES string of the molecule is O=C(Nc1ccc2[nH]nc(-c3ccoc3)c2c1)c1ccc2cnsc2c1. The summed E-state index contributed by atoms with van der Waals surface area (Å²) in [4.78, 5) is 12.6. The van der Waals surface area contributed by atoms with Crippen molar-refractivity contribution in [2.24, 2.45) is 0 Å². The van der Waals surface area contributed by atoms with Crippen LogP contribution in [0.15, 0.2) is 65.6 Å². The number of benzene rings is 2. The lowest BCUT2D eigenvalue weighted by Gasteiger charge is -2.06. The van der Waals surface area contributed by atoms with Crippen molar-refractivity contribution in [3.05, 3.63) is 66.8 Å². The second kappa shape index (κ2) is 5.82. The van der Waals surface area contributed by atoms with E-state index in [0.29, 0.717) is 11.3 Å². The molecular weight excluding hydrogens is 348 g/mol. The maximum absolute atomic E-state index is 12.6. The van der Waals surface area contributed by atoms with E-state index in [-0.39, 0.29) is 5.91 Å². The van der Waals surface area contributed by atoms with Crippen molar-refractivity contribution >= 4 is 44.1 Å². The van der Waals surface area contributed by atoms with Gasteiger partial charge in [0.2, 0.25) is 0 Å². The van der Waals surface area contributed by atoms with Crippen molar-refractivity contribution in [1.29, 1.82) is 0 Å². The van der Waals surface area contributed by atoms with E-state index in [1.54, 1.807) is 24.8 Å². The third kappa shape index (κ3) is 2.46. The molecule has 0 bridgehead atoms. The largest absolute Gasteiger partial charge is 0.472 e. The Labute approximate surface area is 151 Å². The lowest BCUT2D eigenvalue weighted by Crippen LogP contribution is -2.11. The normalized spacial score (nSPS) is 11.2. The Morgan fingerprint density at radius 3 is 3.00 bits per heavy atom. The molecule has 2 N–H and O–H groups in total. The molecule has 0 saturated heterocycles. The van der Waals surface area contributed by atoms with Crippen molar-refractivity contribution in [2.75, 3.05) is 5.32 Å². The maximum Gasteiger partial charge on any atom is 0.255 e. The van der Waals surface area contributed by atoms with Crippen LogP contribution in [0.25, 0.3) is 32.2 Å². The van der Waals surface area contributed by atoms with Gasteiger partial charge in [-0.1, -0.05) is 6.07 Å². The van der Waals surface area contributed by atoms with E-state index in [2.05, 4.69) is 19.9 Å². The molecule has 0 aliphatic rings. The van der Waals surface area contributed by atoms with Crippen molar-refractivity contribution in [3.8, 4) is 11.3 Å². The summed E-state index contributed by atoms with van der Waals surface area (Å²) in [5, 5.41) is 12.2. The van der Waals surface area contributed by atoms with Crippen LogP contribution in [0.5, 0.6) is 0 Å². The van der Waals surface area contributed by atoms with Crippen molar-refractivity contribution in [3.63, 3.8) is 0 Å². The van der Waals surface area contributed by atoms with Crippen LogP contribution in [0, 0.1) is 0 Å². The molecule has 126 valence electrons. The lowest BCUT2D eigenvalue weighted by molar-refractivity contribution is 0.102. The molecule has 0 atom stereocenters. The second-order valence-corrected chi connectivity index (χ2v) is 6.71. The Balaban J connectivity index is 1.48. The maximum atomic E-state index is 12.6. The van der Waals surface area contributed by atoms with Crippen LogP contribution < -0.4 is 5.32 Å². The molecule has 26 heavy (non-hydrogen) atoms. The van der Waals surface area contributed by atoms with Crippen LogP contribution in [0.2, 0.25) is 0 Å². The Hall–Kier alpha value is -3.45. The molecule has 5 aromatic rings. The summed E-state index contributed by atoms with van der Waals surface area (Å²) in [6.45, 7) is 0. The number of carbonyl (C=O) groups is 1. The molecule has 0 saturated carbocycles. The summed E-state index contributed by atoms with van der Waals surface area (Å²) in [5.41, 5.74) is 3.87. The van der Waals surface area contributed by atoms with Crippen molar-refractivity contribution < 1.29 is 9.21 Å². The highest BCUT2D eigenvalue weighted by molar-refractivity contribution is 7.13. The predicted molar refractivity (Wildman–Crippen MR) is 101 cm³/mol. The van der Waals surface area contributed by atoms with Gasteiger partial charge in [-0.15, -0.1) is 0 Å². The standard InChI is InChI=1S/C19H12N4O2S/c24-19(11-1-2-12-9-20-26-17(12)7-11)21-14-3-4-16-15(8-14)18(23-22-16)13-5-6-25-10-13/h1-10H,(H,21,24)(H,22,23). The minimum absolute atomic E-state index is 0.159. The van der Waals surface area contributed by atoms with Gasteiger partial charge in [0.05, 0.1) is 22.7 Å². The number of furan rings is 1. The van der Waals surface area contributed by atoms with Crippen LogP contribution in [-0.4, -0.2) is 20.5 Å². The molecule has 7 heteroatoms. The quantitative estimate of drug-likeness (QED) is 0.489. The Morgan fingerprint density at radius 2 is 2.12 bits per heavy atom. The summed E-state index contributed by atoms with van der Waals surface area (Å²) in [7, 11) is 0. The fraction of sp³-hybridized carbons (Fsp3) is 0. The highest BCUT2D eigenvalue weighted by Gasteiger charge is 2.12. The summed E-state index contributed by atoms with van der Waals surface area (Å²) < 4.78 is 10.3. The number of H-pyrrole nitrogens is 1. The van der Waals surface area contributed by atoms with E-state index in [1.807, 2.05) is 36.4 Å². The zero-order valence-electron chi connectivity index (χ0n) is 13.4. The monoisotopic (exact) mass is 360 g/mol. The number of hydrogen-bond acceptors (Lipinski definition) is 5. The molecule has 0 unspecified atom stereocenters. The highest BCUT2D eigenvalue weighted by atomic mass is 32.1. The molecule has 1 amide bonds. The van der Waals surface area contributed by atoms with Crippen LogP contribution in [-0.2, 0) is 0 Å². The zero-order valence-corrected chi connectivity index (χ0v) is 14.2. The number of carbonyl (C=O) groups excluding carboxylic acids is 1. The molecule has 0 radical (unpaired) electrons. The molecule has 3 aromatic heterocycles. The molecule has 5 rings (SSSR count). The molecule has 2 aromatic carbocycles. The molecule has 3 heterocycles. The molecule has 0 aliphatic heterocycles. The van der Waals surface area contributed by atoms with Gasteiger partial charge in [-0.3, -0.25) is 9.89 Å². The third-order valence-electron chi connectivity index (χ3n) is 4.23. The first-order valence-corrected chi connectivity index (χ1v) is 8.72. The average molecular weight is 360 g/mol. The van der Waals surface area contributed by atoms with E-state index in [0.717, 1.165) is 32.2 Å². The van der Waals surface area contributed by atoms with Gasteiger partial charge in [-0.25, -0.2) is 0 Å². The molecule has 0 spiro atoms. The number of aromatic nitrogens is 3. The van der Waals surface area contributed by atoms with Crippen LogP contribution in [0.1, 0.15) is 10.4 Å². The predicted octanol–water partition coefficient (Wildman–Crippen LogP) is 4.68. The van der Waals surface area contributed by atoms with Crippen molar-refractivity contribution in [1.82, 2.24) is 14.6 Å². The second-order valence-electron chi connectivity index (χ2n) is 5.88. The van der Waals surface area contributed by atoms with Crippen molar-refractivity contribution in [2.45, 2.75) is 0 Å². The summed E-state index contributed by atoms with van der Waals surface area (Å²) in [6, 6.07) is 13.1. The highest BCUT2D eigenvalue weighted by Crippen LogP contribution is 2.29. The topological polar surface area (TPSA) is 83.8 Å². The number of amides is 1. The molecule has 0 aliphatic carbocycles. The Kier molecular flexibility index (Phi) is 3.32. The first kappa shape index (κ1) is 14.9. The fourth-order valence-corrected chi connectivity index (χ4v) is 3.60. The first-order chi connectivity index (χ1) is 12.8. The molecular formula is C19H12N4O2S.